The molecule has 9 heteroatoms. The molecule has 0 saturated heterocycles. The molecule has 26 heavy (non-hydrogen) atoms. The number of alkyl halides is 3. The zero-order valence-electron chi connectivity index (χ0n) is 13.3. The van der Waals surface area contributed by atoms with Gasteiger partial charge in [0.2, 0.25) is 0 Å². The number of amides is 1. The minimum Gasteiger partial charge on any atom is -0.406 e. The van der Waals surface area contributed by atoms with Gasteiger partial charge in [-0.15, -0.1) is 13.2 Å². The number of carbonyl (C=O) groups is 1. The van der Waals surface area contributed by atoms with Gasteiger partial charge in [0.25, 0.3) is 5.91 Å². The number of rotatable bonds is 5. The molecular weight excluding hydrogens is 367 g/mol. The van der Waals surface area contributed by atoms with E-state index in [1.807, 2.05) is 12.1 Å². The zero-order chi connectivity index (χ0) is 18.7. The third kappa shape index (κ3) is 4.30. The number of aromatic nitrogens is 1. The van der Waals surface area contributed by atoms with Crippen molar-refractivity contribution < 1.29 is 22.7 Å². The fraction of sp³-hybridized carbons (Fsp3) is 0.176. The number of ether oxygens (including phenoxy) is 1. The lowest BCUT2D eigenvalue weighted by Crippen LogP contribution is -2.16. The van der Waals surface area contributed by atoms with Crippen molar-refractivity contribution in [2.75, 3.05) is 11.9 Å². The third-order valence-electron chi connectivity index (χ3n) is 3.49. The van der Waals surface area contributed by atoms with Gasteiger partial charge >= 0.3 is 6.36 Å². The monoisotopic (exact) mass is 381 g/mol. The molecule has 3 rings (SSSR count). The van der Waals surface area contributed by atoms with Crippen molar-refractivity contribution in [3.63, 3.8) is 0 Å². The number of anilines is 1. The quantitative estimate of drug-likeness (QED) is 0.702. The second-order valence-electron chi connectivity index (χ2n) is 5.35. The zero-order valence-corrected chi connectivity index (χ0v) is 14.2. The highest BCUT2D eigenvalue weighted by Crippen LogP contribution is 2.31. The number of hydrogen-bond donors (Lipinski definition) is 2. The Morgan fingerprint density at radius 2 is 2.00 bits per heavy atom. The molecule has 0 spiro atoms. The summed E-state index contributed by atoms with van der Waals surface area (Å²) in [5.74, 6) is -0.681. The van der Waals surface area contributed by atoms with Crippen molar-refractivity contribution in [2.45, 2.75) is 12.8 Å². The molecule has 1 amide bonds. The Kier molecular flexibility index (Phi) is 5.10. The number of benzene rings is 2. The van der Waals surface area contributed by atoms with Crippen LogP contribution < -0.4 is 15.8 Å². The van der Waals surface area contributed by atoms with Crippen molar-refractivity contribution in [3.05, 3.63) is 53.6 Å². The lowest BCUT2D eigenvalue weighted by atomic mass is 10.0. The van der Waals surface area contributed by atoms with Crippen LogP contribution in [0, 0.1) is 0 Å². The van der Waals surface area contributed by atoms with Crippen LogP contribution in [-0.4, -0.2) is 23.8 Å². The predicted octanol–water partition coefficient (Wildman–Crippen LogP) is 3.95. The van der Waals surface area contributed by atoms with Gasteiger partial charge in [0, 0.05) is 11.6 Å². The molecule has 0 atom stereocenters. The standard InChI is InChI=1S/C17H14F3N3O2S/c18-17(19,20)25-11-5-6-13-14(9-11)26-16(22-13)23-15(24)12-4-2-1-3-10(12)7-8-21/h1-6,9H,7-8,21H2,(H,22,23,24). The summed E-state index contributed by atoms with van der Waals surface area (Å²) in [7, 11) is 0. The highest BCUT2D eigenvalue weighted by Gasteiger charge is 2.31. The van der Waals surface area contributed by atoms with Crippen molar-refractivity contribution in [1.29, 1.82) is 0 Å². The fourth-order valence-electron chi connectivity index (χ4n) is 2.44. The summed E-state index contributed by atoms with van der Waals surface area (Å²) in [5, 5.41) is 2.97. The topological polar surface area (TPSA) is 77.2 Å². The van der Waals surface area contributed by atoms with Gasteiger partial charge in [-0.1, -0.05) is 29.5 Å². The summed E-state index contributed by atoms with van der Waals surface area (Å²) in [6, 6.07) is 10.9. The number of nitrogens with one attached hydrogen (secondary N) is 1. The van der Waals surface area contributed by atoms with Crippen LogP contribution in [-0.2, 0) is 6.42 Å². The van der Waals surface area contributed by atoms with Gasteiger partial charge in [-0.2, -0.15) is 0 Å². The Labute approximate surface area is 150 Å². The van der Waals surface area contributed by atoms with Gasteiger partial charge in [0.15, 0.2) is 5.13 Å². The van der Waals surface area contributed by atoms with E-state index in [1.165, 1.54) is 18.2 Å². The molecule has 2 aromatic carbocycles. The smallest absolute Gasteiger partial charge is 0.406 e. The van der Waals surface area contributed by atoms with Gasteiger partial charge < -0.3 is 10.5 Å². The van der Waals surface area contributed by atoms with E-state index in [4.69, 9.17) is 5.73 Å². The van der Waals surface area contributed by atoms with Gasteiger partial charge in [0.05, 0.1) is 10.2 Å². The number of hydrogen-bond acceptors (Lipinski definition) is 5. The molecule has 0 aliphatic carbocycles. The predicted molar refractivity (Wildman–Crippen MR) is 93.5 cm³/mol. The van der Waals surface area contributed by atoms with E-state index >= 15 is 0 Å². The lowest BCUT2D eigenvalue weighted by Gasteiger charge is -2.07. The van der Waals surface area contributed by atoms with Gasteiger partial charge in [-0.3, -0.25) is 10.1 Å². The maximum atomic E-state index is 12.5. The van der Waals surface area contributed by atoms with Crippen LogP contribution in [0.3, 0.4) is 0 Å². The molecule has 0 saturated carbocycles. The Balaban J connectivity index is 1.82. The average Bonchev–Trinajstić information content (AvgIpc) is 2.95. The summed E-state index contributed by atoms with van der Waals surface area (Å²) in [4.78, 5) is 16.7. The van der Waals surface area contributed by atoms with Gasteiger partial charge in [-0.25, -0.2) is 4.98 Å². The summed E-state index contributed by atoms with van der Waals surface area (Å²) < 4.78 is 41.3. The Morgan fingerprint density at radius 1 is 1.23 bits per heavy atom. The first-order valence-electron chi connectivity index (χ1n) is 7.61. The minimum atomic E-state index is -4.76. The molecule has 3 N–H and O–H groups in total. The highest BCUT2D eigenvalue weighted by molar-refractivity contribution is 7.22. The molecule has 0 fully saturated rings. The van der Waals surface area contributed by atoms with Crippen molar-refractivity contribution in [3.8, 4) is 5.75 Å². The SMILES string of the molecule is NCCc1ccccc1C(=O)Nc1nc2ccc(OC(F)(F)F)cc2s1. The highest BCUT2D eigenvalue weighted by atomic mass is 32.1. The molecule has 0 aliphatic heterocycles. The molecule has 1 heterocycles. The number of thiazole rings is 1. The van der Waals surface area contributed by atoms with E-state index < -0.39 is 6.36 Å². The summed E-state index contributed by atoms with van der Waals surface area (Å²) in [5.41, 5.74) is 7.32. The van der Waals surface area contributed by atoms with E-state index in [2.05, 4.69) is 15.0 Å². The number of halogens is 3. The molecule has 0 aliphatic rings. The molecule has 0 unspecified atom stereocenters. The fourth-order valence-corrected chi connectivity index (χ4v) is 3.32. The first-order valence-corrected chi connectivity index (χ1v) is 8.43. The second kappa shape index (κ2) is 7.30. The number of carbonyl (C=O) groups excluding carboxylic acids is 1. The molecular formula is C17H14F3N3O2S. The van der Waals surface area contributed by atoms with Crippen LogP contribution in [0.2, 0.25) is 0 Å². The van der Waals surface area contributed by atoms with Gasteiger partial charge in [0.1, 0.15) is 5.75 Å². The van der Waals surface area contributed by atoms with Crippen LogP contribution in [0.25, 0.3) is 10.2 Å². The number of nitrogens with zero attached hydrogens (tertiary/aromatic N) is 1. The maximum Gasteiger partial charge on any atom is 0.573 e. The molecule has 0 radical (unpaired) electrons. The lowest BCUT2D eigenvalue weighted by molar-refractivity contribution is -0.274. The van der Waals surface area contributed by atoms with Crippen molar-refractivity contribution in [2.24, 2.45) is 5.73 Å². The number of nitrogens with two attached hydrogens (primary N) is 1. The molecule has 1 aromatic heterocycles. The Morgan fingerprint density at radius 3 is 2.73 bits per heavy atom. The van der Waals surface area contributed by atoms with Crippen LogP contribution in [0.1, 0.15) is 15.9 Å². The second-order valence-corrected chi connectivity index (χ2v) is 6.38. The number of fused-ring (bicyclic) bond motifs is 1. The first kappa shape index (κ1) is 18.2. The third-order valence-corrected chi connectivity index (χ3v) is 4.42. The first-order chi connectivity index (χ1) is 12.4. The van der Waals surface area contributed by atoms with Crippen LogP contribution in [0.5, 0.6) is 5.75 Å². The normalized spacial score (nSPS) is 11.5. The minimum absolute atomic E-state index is 0.289. The van der Waals surface area contributed by atoms with E-state index in [0.29, 0.717) is 28.7 Å². The van der Waals surface area contributed by atoms with E-state index in [-0.39, 0.29) is 16.8 Å². The summed E-state index contributed by atoms with van der Waals surface area (Å²) in [6.45, 7) is 0.410. The van der Waals surface area contributed by atoms with Crippen LogP contribution in [0.15, 0.2) is 42.5 Å². The molecule has 3 aromatic rings. The largest absolute Gasteiger partial charge is 0.573 e. The average molecular weight is 381 g/mol. The van der Waals surface area contributed by atoms with Crippen LogP contribution in [0.4, 0.5) is 18.3 Å². The van der Waals surface area contributed by atoms with Crippen molar-refractivity contribution >= 4 is 32.6 Å². The Hall–Kier alpha value is -2.65. The van der Waals surface area contributed by atoms with Crippen molar-refractivity contribution in [1.82, 2.24) is 4.98 Å². The van der Waals surface area contributed by atoms with E-state index in [1.54, 1.807) is 12.1 Å². The maximum absolute atomic E-state index is 12.5. The molecule has 5 nitrogen and oxygen atoms in total. The summed E-state index contributed by atoms with van der Waals surface area (Å²) >= 11 is 1.06. The summed E-state index contributed by atoms with van der Waals surface area (Å²) in [6.07, 6.45) is -4.20. The van der Waals surface area contributed by atoms with Gasteiger partial charge in [-0.05, 0) is 36.7 Å². The van der Waals surface area contributed by atoms with E-state index in [9.17, 15) is 18.0 Å². The molecule has 136 valence electrons. The van der Waals surface area contributed by atoms with Crippen LogP contribution >= 0.6 is 11.3 Å². The van der Waals surface area contributed by atoms with E-state index in [0.717, 1.165) is 16.9 Å². The molecule has 0 bridgehead atoms. The Bertz CT molecular complexity index is 940.